The molecule has 0 bridgehead atoms. The lowest BCUT2D eigenvalue weighted by atomic mass is 10.1. The predicted octanol–water partition coefficient (Wildman–Crippen LogP) is 4.88. The Balaban J connectivity index is 1.57. The molecule has 0 radical (unpaired) electrons. The molecule has 1 aliphatic heterocycles. The van der Waals surface area contributed by atoms with Gasteiger partial charge in [-0.3, -0.25) is 14.7 Å². The number of carbonyl (C=O) groups is 1. The molecule has 5 rings (SSSR count). The molecule has 1 amide bonds. The highest BCUT2D eigenvalue weighted by atomic mass is 32.1. The average Bonchev–Trinajstić information content (AvgIpc) is 3.38. The van der Waals surface area contributed by atoms with Gasteiger partial charge in [-0.15, -0.1) is 0 Å². The zero-order valence-corrected chi connectivity index (χ0v) is 17.4. The number of nitrogens with zero attached hydrogens (tertiary/aromatic N) is 3. The van der Waals surface area contributed by atoms with E-state index in [0.29, 0.717) is 28.7 Å². The fourth-order valence-electron chi connectivity index (χ4n) is 3.35. The predicted molar refractivity (Wildman–Crippen MR) is 116 cm³/mol. The van der Waals surface area contributed by atoms with E-state index in [1.807, 2.05) is 18.2 Å². The Morgan fingerprint density at radius 2 is 1.90 bits per heavy atom. The third-order valence-corrected chi connectivity index (χ3v) is 6.18. The molecule has 0 saturated carbocycles. The number of rotatable bonds is 4. The molecule has 0 fully saturated rings. The number of hydrogen-bond acceptors (Lipinski definition) is 6. The summed E-state index contributed by atoms with van der Waals surface area (Å²) in [6.07, 6.45) is 1.73. The molecule has 30 heavy (non-hydrogen) atoms. The van der Waals surface area contributed by atoms with E-state index in [9.17, 15) is 4.79 Å². The standard InChI is InChI=1S/C23H19N3O3S/c1-14-9-18-21(10-15(14)2)30-23(25-18)26(12-17-5-3-4-8-24-17)22(27)16-6-7-19-20(11-16)29-13-28-19/h3-11H,12-13H2,1-2H3. The SMILES string of the molecule is Cc1cc2nc(N(Cc3ccccn3)C(=O)c3ccc4c(c3)OCO4)sc2cc1C. The van der Waals surface area contributed by atoms with Crippen molar-refractivity contribution in [2.45, 2.75) is 20.4 Å². The molecular formula is C23H19N3O3S. The minimum Gasteiger partial charge on any atom is -0.454 e. The number of fused-ring (bicyclic) bond motifs is 2. The van der Waals surface area contributed by atoms with Crippen molar-refractivity contribution in [3.05, 3.63) is 77.1 Å². The number of anilines is 1. The summed E-state index contributed by atoms with van der Waals surface area (Å²) < 4.78 is 11.9. The molecule has 0 N–H and O–H groups in total. The summed E-state index contributed by atoms with van der Waals surface area (Å²) >= 11 is 1.51. The van der Waals surface area contributed by atoms with Crippen molar-refractivity contribution in [1.82, 2.24) is 9.97 Å². The fraction of sp³-hybridized carbons (Fsp3) is 0.174. The maximum Gasteiger partial charge on any atom is 0.260 e. The van der Waals surface area contributed by atoms with Gasteiger partial charge in [-0.05, 0) is 67.4 Å². The van der Waals surface area contributed by atoms with Crippen molar-refractivity contribution in [3.8, 4) is 11.5 Å². The van der Waals surface area contributed by atoms with E-state index in [1.165, 1.54) is 22.5 Å². The second kappa shape index (κ2) is 7.42. The van der Waals surface area contributed by atoms with Crippen LogP contribution in [0.2, 0.25) is 0 Å². The smallest absolute Gasteiger partial charge is 0.260 e. The van der Waals surface area contributed by atoms with Crippen LogP contribution in [-0.4, -0.2) is 22.7 Å². The van der Waals surface area contributed by atoms with E-state index in [4.69, 9.17) is 14.5 Å². The Hall–Kier alpha value is -3.45. The van der Waals surface area contributed by atoms with Crippen molar-refractivity contribution in [3.63, 3.8) is 0 Å². The summed E-state index contributed by atoms with van der Waals surface area (Å²) in [6.45, 7) is 4.64. The molecule has 7 heteroatoms. The van der Waals surface area contributed by atoms with Gasteiger partial charge in [0, 0.05) is 11.8 Å². The highest BCUT2D eigenvalue weighted by molar-refractivity contribution is 7.22. The van der Waals surface area contributed by atoms with Crippen LogP contribution in [0.5, 0.6) is 11.5 Å². The molecule has 0 spiro atoms. The highest BCUT2D eigenvalue weighted by Crippen LogP contribution is 2.35. The Kier molecular flexibility index (Phi) is 4.59. The third-order valence-electron chi connectivity index (χ3n) is 5.13. The van der Waals surface area contributed by atoms with Gasteiger partial charge in [0.1, 0.15) is 0 Å². The van der Waals surface area contributed by atoms with Crippen LogP contribution in [0.25, 0.3) is 10.2 Å². The summed E-state index contributed by atoms with van der Waals surface area (Å²) in [7, 11) is 0. The van der Waals surface area contributed by atoms with Crippen molar-refractivity contribution in [1.29, 1.82) is 0 Å². The number of aryl methyl sites for hydroxylation is 2. The van der Waals surface area contributed by atoms with Gasteiger partial charge in [0.15, 0.2) is 16.6 Å². The second-order valence-electron chi connectivity index (χ2n) is 7.18. The number of aromatic nitrogens is 2. The number of carbonyl (C=O) groups excluding carboxylic acids is 1. The Bertz CT molecular complexity index is 1210. The van der Waals surface area contributed by atoms with Crippen molar-refractivity contribution in [2.75, 3.05) is 11.7 Å². The average molecular weight is 417 g/mol. The number of hydrogen-bond donors (Lipinski definition) is 0. The molecule has 4 aromatic rings. The Morgan fingerprint density at radius 1 is 1.07 bits per heavy atom. The van der Waals surface area contributed by atoms with Gasteiger partial charge in [0.05, 0.1) is 22.5 Å². The molecule has 2 aromatic carbocycles. The van der Waals surface area contributed by atoms with Gasteiger partial charge in [-0.25, -0.2) is 4.98 Å². The summed E-state index contributed by atoms with van der Waals surface area (Å²) in [6, 6.07) is 15.1. The summed E-state index contributed by atoms with van der Waals surface area (Å²) in [4.78, 5) is 24.4. The molecule has 3 heterocycles. The van der Waals surface area contributed by atoms with E-state index in [2.05, 4.69) is 31.0 Å². The molecule has 0 aliphatic carbocycles. The molecule has 0 saturated heterocycles. The normalized spacial score (nSPS) is 12.3. The van der Waals surface area contributed by atoms with E-state index in [0.717, 1.165) is 15.9 Å². The lowest BCUT2D eigenvalue weighted by Crippen LogP contribution is -2.30. The van der Waals surface area contributed by atoms with E-state index < -0.39 is 0 Å². The number of pyridine rings is 1. The first-order valence-corrected chi connectivity index (χ1v) is 10.4. The minimum atomic E-state index is -0.161. The van der Waals surface area contributed by atoms with Gasteiger partial charge < -0.3 is 9.47 Å². The molecule has 0 atom stereocenters. The van der Waals surface area contributed by atoms with E-state index in [1.54, 1.807) is 29.3 Å². The summed E-state index contributed by atoms with van der Waals surface area (Å²) in [5.41, 5.74) is 4.58. The minimum absolute atomic E-state index is 0.161. The van der Waals surface area contributed by atoms with Crippen molar-refractivity contribution in [2.24, 2.45) is 0 Å². The second-order valence-corrected chi connectivity index (χ2v) is 8.19. The van der Waals surface area contributed by atoms with Gasteiger partial charge in [-0.2, -0.15) is 0 Å². The van der Waals surface area contributed by atoms with Gasteiger partial charge in [0.2, 0.25) is 6.79 Å². The first-order valence-electron chi connectivity index (χ1n) is 9.58. The number of benzene rings is 2. The van der Waals surface area contributed by atoms with Crippen LogP contribution in [0.15, 0.2) is 54.7 Å². The zero-order chi connectivity index (χ0) is 20.7. The summed E-state index contributed by atoms with van der Waals surface area (Å²) in [5, 5.41) is 0.642. The number of thiazole rings is 1. The molecule has 150 valence electrons. The molecule has 1 aliphatic rings. The van der Waals surface area contributed by atoms with Crippen molar-refractivity contribution < 1.29 is 14.3 Å². The zero-order valence-electron chi connectivity index (χ0n) is 16.6. The first-order chi connectivity index (χ1) is 14.6. The largest absolute Gasteiger partial charge is 0.454 e. The highest BCUT2D eigenvalue weighted by Gasteiger charge is 2.24. The topological polar surface area (TPSA) is 64.6 Å². The third kappa shape index (κ3) is 3.37. The monoisotopic (exact) mass is 417 g/mol. The summed E-state index contributed by atoms with van der Waals surface area (Å²) in [5.74, 6) is 1.06. The van der Waals surface area contributed by atoms with Gasteiger partial charge >= 0.3 is 0 Å². The maximum atomic E-state index is 13.5. The molecule has 6 nitrogen and oxygen atoms in total. The van der Waals surface area contributed by atoms with Crippen LogP contribution >= 0.6 is 11.3 Å². The lowest BCUT2D eigenvalue weighted by Gasteiger charge is -2.19. The number of ether oxygens (including phenoxy) is 2. The van der Waals surface area contributed by atoms with Crippen molar-refractivity contribution >= 4 is 32.6 Å². The quantitative estimate of drug-likeness (QED) is 0.473. The first kappa shape index (κ1) is 18.6. The molecule has 0 unspecified atom stereocenters. The van der Waals surface area contributed by atoms with Crippen LogP contribution in [0.4, 0.5) is 5.13 Å². The van der Waals surface area contributed by atoms with Crippen LogP contribution < -0.4 is 14.4 Å². The van der Waals surface area contributed by atoms with E-state index in [-0.39, 0.29) is 12.7 Å². The lowest BCUT2D eigenvalue weighted by molar-refractivity contribution is 0.0984. The van der Waals surface area contributed by atoms with Crippen LogP contribution in [0.3, 0.4) is 0 Å². The van der Waals surface area contributed by atoms with Crippen LogP contribution in [-0.2, 0) is 6.54 Å². The molecule has 2 aromatic heterocycles. The Morgan fingerprint density at radius 3 is 2.73 bits per heavy atom. The van der Waals surface area contributed by atoms with Crippen LogP contribution in [0, 0.1) is 13.8 Å². The van der Waals surface area contributed by atoms with Crippen LogP contribution in [0.1, 0.15) is 27.2 Å². The van der Waals surface area contributed by atoms with Gasteiger partial charge in [0.25, 0.3) is 5.91 Å². The van der Waals surface area contributed by atoms with E-state index >= 15 is 0 Å². The molecular weight excluding hydrogens is 398 g/mol. The number of amides is 1. The van der Waals surface area contributed by atoms with Gasteiger partial charge in [-0.1, -0.05) is 17.4 Å². The maximum absolute atomic E-state index is 13.5. The fourth-order valence-corrected chi connectivity index (χ4v) is 4.39. The Labute approximate surface area is 177 Å².